The first-order valence-electron chi connectivity index (χ1n) is 7.05. The van der Waals surface area contributed by atoms with Gasteiger partial charge < -0.3 is 14.8 Å². The molecule has 0 saturated carbocycles. The van der Waals surface area contributed by atoms with E-state index in [0.29, 0.717) is 6.04 Å². The van der Waals surface area contributed by atoms with Crippen LogP contribution in [0.1, 0.15) is 45.2 Å². The highest BCUT2D eigenvalue weighted by atomic mass is 16.5. The van der Waals surface area contributed by atoms with Gasteiger partial charge in [-0.25, -0.2) is 0 Å². The van der Waals surface area contributed by atoms with Crippen LogP contribution in [0.3, 0.4) is 0 Å². The van der Waals surface area contributed by atoms with Gasteiger partial charge >= 0.3 is 0 Å². The van der Waals surface area contributed by atoms with Crippen LogP contribution in [0.25, 0.3) is 0 Å². The van der Waals surface area contributed by atoms with Crippen LogP contribution in [0, 0.1) is 0 Å². The zero-order chi connectivity index (χ0) is 13.9. The first-order chi connectivity index (χ1) is 9.02. The molecular formula is C16H25NO2. The number of ether oxygens (including phenoxy) is 2. The summed E-state index contributed by atoms with van der Waals surface area (Å²) in [6.45, 7) is 7.35. The second-order valence-electron chi connectivity index (χ2n) is 5.93. The lowest BCUT2D eigenvalue weighted by Crippen LogP contribution is -2.44. The van der Waals surface area contributed by atoms with Crippen molar-refractivity contribution in [2.24, 2.45) is 0 Å². The highest BCUT2D eigenvalue weighted by Crippen LogP contribution is 2.28. The molecule has 19 heavy (non-hydrogen) atoms. The van der Waals surface area contributed by atoms with Gasteiger partial charge in [0.05, 0.1) is 12.7 Å². The molecule has 1 N–H and O–H groups in total. The molecule has 2 rings (SSSR count). The molecule has 1 fully saturated rings. The van der Waals surface area contributed by atoms with Crippen LogP contribution in [0.15, 0.2) is 24.3 Å². The first-order valence-corrected chi connectivity index (χ1v) is 7.05. The van der Waals surface area contributed by atoms with Crippen LogP contribution < -0.4 is 10.1 Å². The number of nitrogens with one attached hydrogen (secondary N) is 1. The van der Waals surface area contributed by atoms with E-state index in [1.807, 2.05) is 12.1 Å². The van der Waals surface area contributed by atoms with Gasteiger partial charge in [0.1, 0.15) is 5.75 Å². The van der Waals surface area contributed by atoms with E-state index in [2.05, 4.69) is 38.2 Å². The van der Waals surface area contributed by atoms with Gasteiger partial charge in [0, 0.05) is 24.3 Å². The molecule has 2 atom stereocenters. The Bertz CT molecular complexity index is 417. The largest absolute Gasteiger partial charge is 0.496 e. The summed E-state index contributed by atoms with van der Waals surface area (Å²) in [6.07, 6.45) is 2.12. The van der Waals surface area contributed by atoms with Crippen molar-refractivity contribution in [3.05, 3.63) is 29.8 Å². The zero-order valence-electron chi connectivity index (χ0n) is 12.4. The normalized spacial score (nSPS) is 23.9. The standard InChI is InChI=1S/C16H25NO2/c1-12(14-7-5-6-8-15(14)18-4)17-13-9-10-19-16(2,3)11-13/h5-8,12-13,17H,9-11H2,1-4H3. The minimum Gasteiger partial charge on any atom is -0.496 e. The number of para-hydroxylation sites is 1. The Morgan fingerprint density at radius 2 is 2.11 bits per heavy atom. The molecule has 0 spiro atoms. The lowest BCUT2D eigenvalue weighted by atomic mass is 9.93. The summed E-state index contributed by atoms with van der Waals surface area (Å²) in [4.78, 5) is 0. The molecule has 1 aliphatic rings. The smallest absolute Gasteiger partial charge is 0.123 e. The van der Waals surface area contributed by atoms with Crippen LogP contribution in [0.5, 0.6) is 5.75 Å². The lowest BCUT2D eigenvalue weighted by molar-refractivity contribution is -0.0640. The summed E-state index contributed by atoms with van der Waals surface area (Å²) < 4.78 is 11.2. The summed E-state index contributed by atoms with van der Waals surface area (Å²) in [5, 5.41) is 3.71. The van der Waals surface area contributed by atoms with Gasteiger partial charge in [-0.2, -0.15) is 0 Å². The Labute approximate surface area is 116 Å². The van der Waals surface area contributed by atoms with E-state index >= 15 is 0 Å². The molecule has 106 valence electrons. The Hall–Kier alpha value is -1.06. The molecule has 3 heteroatoms. The summed E-state index contributed by atoms with van der Waals surface area (Å²) in [7, 11) is 1.73. The van der Waals surface area contributed by atoms with Crippen LogP contribution in [-0.4, -0.2) is 25.4 Å². The van der Waals surface area contributed by atoms with Crippen molar-refractivity contribution in [1.29, 1.82) is 0 Å². The molecule has 1 aromatic carbocycles. The molecule has 2 unspecified atom stereocenters. The fourth-order valence-corrected chi connectivity index (χ4v) is 2.84. The molecule has 0 bridgehead atoms. The number of rotatable bonds is 4. The summed E-state index contributed by atoms with van der Waals surface area (Å²) in [5.74, 6) is 0.953. The third-order valence-corrected chi connectivity index (χ3v) is 3.79. The van der Waals surface area contributed by atoms with E-state index < -0.39 is 0 Å². The SMILES string of the molecule is COc1ccccc1C(C)NC1CCOC(C)(C)C1. The van der Waals surface area contributed by atoms with Gasteiger partial charge in [0.25, 0.3) is 0 Å². The Kier molecular flexibility index (Phi) is 4.48. The van der Waals surface area contributed by atoms with Crippen molar-refractivity contribution in [2.45, 2.75) is 51.3 Å². The zero-order valence-corrected chi connectivity index (χ0v) is 12.4. The van der Waals surface area contributed by atoms with Gasteiger partial charge in [0.15, 0.2) is 0 Å². The van der Waals surface area contributed by atoms with Gasteiger partial charge in [-0.05, 0) is 39.7 Å². The number of methoxy groups -OCH3 is 1. The molecule has 1 heterocycles. The third-order valence-electron chi connectivity index (χ3n) is 3.79. The Morgan fingerprint density at radius 3 is 2.79 bits per heavy atom. The van der Waals surface area contributed by atoms with E-state index in [4.69, 9.17) is 9.47 Å². The molecule has 1 aromatic rings. The van der Waals surface area contributed by atoms with Gasteiger partial charge in [0.2, 0.25) is 0 Å². The van der Waals surface area contributed by atoms with E-state index in [0.717, 1.165) is 25.2 Å². The first kappa shape index (κ1) is 14.4. The fourth-order valence-electron chi connectivity index (χ4n) is 2.84. The Morgan fingerprint density at radius 1 is 1.37 bits per heavy atom. The van der Waals surface area contributed by atoms with Crippen LogP contribution in [-0.2, 0) is 4.74 Å². The average Bonchev–Trinajstić information content (AvgIpc) is 2.37. The van der Waals surface area contributed by atoms with Crippen molar-refractivity contribution in [3.63, 3.8) is 0 Å². The molecule has 3 nitrogen and oxygen atoms in total. The second kappa shape index (κ2) is 5.93. The fraction of sp³-hybridized carbons (Fsp3) is 0.625. The maximum atomic E-state index is 5.76. The predicted octanol–water partition coefficient (Wildman–Crippen LogP) is 3.30. The highest BCUT2D eigenvalue weighted by molar-refractivity contribution is 5.35. The molecule has 0 amide bonds. The van der Waals surface area contributed by atoms with E-state index in [1.54, 1.807) is 7.11 Å². The number of hydrogen-bond acceptors (Lipinski definition) is 3. The Balaban J connectivity index is 2.02. The van der Waals surface area contributed by atoms with E-state index in [9.17, 15) is 0 Å². The van der Waals surface area contributed by atoms with Crippen molar-refractivity contribution in [1.82, 2.24) is 5.32 Å². The maximum absolute atomic E-state index is 5.76. The molecular weight excluding hydrogens is 238 g/mol. The third kappa shape index (κ3) is 3.71. The quantitative estimate of drug-likeness (QED) is 0.904. The van der Waals surface area contributed by atoms with Crippen molar-refractivity contribution in [2.75, 3.05) is 13.7 Å². The van der Waals surface area contributed by atoms with Crippen molar-refractivity contribution < 1.29 is 9.47 Å². The minimum atomic E-state index is -0.0174. The van der Waals surface area contributed by atoms with Crippen LogP contribution >= 0.6 is 0 Å². The summed E-state index contributed by atoms with van der Waals surface area (Å²) in [5.41, 5.74) is 1.20. The van der Waals surface area contributed by atoms with Crippen LogP contribution in [0.2, 0.25) is 0 Å². The number of hydrogen-bond donors (Lipinski definition) is 1. The molecule has 1 saturated heterocycles. The molecule has 0 radical (unpaired) electrons. The summed E-state index contributed by atoms with van der Waals surface area (Å²) in [6, 6.07) is 9.00. The van der Waals surface area contributed by atoms with Gasteiger partial charge in [-0.3, -0.25) is 0 Å². The lowest BCUT2D eigenvalue weighted by Gasteiger charge is -2.37. The minimum absolute atomic E-state index is 0.0174. The van der Waals surface area contributed by atoms with Crippen LogP contribution in [0.4, 0.5) is 0 Å². The second-order valence-corrected chi connectivity index (χ2v) is 5.93. The molecule has 0 aromatic heterocycles. The van der Waals surface area contributed by atoms with Crippen molar-refractivity contribution in [3.8, 4) is 5.75 Å². The van der Waals surface area contributed by atoms with E-state index in [-0.39, 0.29) is 11.6 Å². The molecule has 0 aliphatic carbocycles. The monoisotopic (exact) mass is 263 g/mol. The predicted molar refractivity (Wildman–Crippen MR) is 77.6 cm³/mol. The topological polar surface area (TPSA) is 30.5 Å². The molecule has 1 aliphatic heterocycles. The maximum Gasteiger partial charge on any atom is 0.123 e. The van der Waals surface area contributed by atoms with Crippen molar-refractivity contribution >= 4 is 0 Å². The van der Waals surface area contributed by atoms with E-state index in [1.165, 1.54) is 5.56 Å². The van der Waals surface area contributed by atoms with Gasteiger partial charge in [-0.1, -0.05) is 18.2 Å². The number of benzene rings is 1. The summed E-state index contributed by atoms with van der Waals surface area (Å²) >= 11 is 0. The van der Waals surface area contributed by atoms with Gasteiger partial charge in [-0.15, -0.1) is 0 Å². The average molecular weight is 263 g/mol. The highest BCUT2D eigenvalue weighted by Gasteiger charge is 2.29.